The molecule has 6 nitrogen and oxygen atoms in total. The van der Waals surface area contributed by atoms with Gasteiger partial charge in [0.05, 0.1) is 16.6 Å². The number of halogens is 4. The van der Waals surface area contributed by atoms with Gasteiger partial charge in [-0.3, -0.25) is 4.79 Å². The maximum atomic E-state index is 13.2. The smallest absolute Gasteiger partial charge is 0.352 e. The molecule has 11 heteroatoms. The zero-order valence-electron chi connectivity index (χ0n) is 20.7. The first-order chi connectivity index (χ1) is 16.0. The molecule has 1 aromatic carbocycles. The molecule has 0 bridgehead atoms. The number of alkyl halides is 3. The molecular formula is C24H35ClF3N3O3S. The zero-order valence-corrected chi connectivity index (χ0v) is 22.3. The average Bonchev–Trinajstić information content (AvgIpc) is 3.27. The topological polar surface area (TPSA) is 78.5 Å². The van der Waals surface area contributed by atoms with Gasteiger partial charge in [0.2, 0.25) is 15.9 Å². The van der Waals surface area contributed by atoms with Crippen LogP contribution in [0.5, 0.6) is 0 Å². The van der Waals surface area contributed by atoms with Gasteiger partial charge in [0.15, 0.2) is 0 Å². The first-order valence-electron chi connectivity index (χ1n) is 11.9. The van der Waals surface area contributed by atoms with Crippen LogP contribution >= 0.6 is 11.6 Å². The van der Waals surface area contributed by atoms with E-state index >= 15 is 0 Å². The number of sulfonamides is 1. The zero-order chi connectivity index (χ0) is 26.3. The molecule has 198 valence electrons. The van der Waals surface area contributed by atoms with Crippen molar-refractivity contribution in [1.29, 1.82) is 0 Å². The highest BCUT2D eigenvalue weighted by Gasteiger charge is 2.47. The molecule has 1 saturated carbocycles. The van der Waals surface area contributed by atoms with Gasteiger partial charge in [0.25, 0.3) is 0 Å². The summed E-state index contributed by atoms with van der Waals surface area (Å²) in [5.74, 6) is -0.0786. The molecule has 0 aromatic heterocycles. The molecule has 4 atom stereocenters. The summed E-state index contributed by atoms with van der Waals surface area (Å²) in [6.07, 6.45) is -2.42. The Morgan fingerprint density at radius 2 is 1.83 bits per heavy atom. The number of nitrogens with one attached hydrogen (secondary N) is 2. The molecule has 2 N–H and O–H groups in total. The van der Waals surface area contributed by atoms with Crippen LogP contribution in [0.25, 0.3) is 0 Å². The Morgan fingerprint density at radius 1 is 1.17 bits per heavy atom. The minimum atomic E-state index is -4.61. The van der Waals surface area contributed by atoms with Gasteiger partial charge in [-0.15, -0.1) is 0 Å². The lowest BCUT2D eigenvalue weighted by Crippen LogP contribution is -2.52. The summed E-state index contributed by atoms with van der Waals surface area (Å²) in [6, 6.07) is 1.91. The molecule has 0 radical (unpaired) electrons. The molecule has 0 unspecified atom stereocenters. The highest BCUT2D eigenvalue weighted by Crippen LogP contribution is 2.42. The van der Waals surface area contributed by atoms with Crippen LogP contribution in [0.4, 0.5) is 13.2 Å². The second-order valence-electron chi connectivity index (χ2n) is 11.2. The van der Waals surface area contributed by atoms with Crippen molar-refractivity contribution in [3.63, 3.8) is 0 Å². The van der Waals surface area contributed by atoms with E-state index in [1.807, 2.05) is 13.8 Å². The summed E-state index contributed by atoms with van der Waals surface area (Å²) in [4.78, 5) is 12.8. The van der Waals surface area contributed by atoms with E-state index in [2.05, 4.69) is 31.4 Å². The Morgan fingerprint density at radius 3 is 2.37 bits per heavy atom. The fourth-order valence-electron chi connectivity index (χ4n) is 5.15. The maximum Gasteiger partial charge on any atom is 0.416 e. The lowest BCUT2D eigenvalue weighted by Gasteiger charge is -2.30. The number of carbonyl (C=O) groups is 1. The largest absolute Gasteiger partial charge is 0.416 e. The number of rotatable bonds is 7. The van der Waals surface area contributed by atoms with Crippen LogP contribution in [0.2, 0.25) is 5.02 Å². The SMILES string of the molecule is CC(C)N[C@@H](CC(C)(C)C)C(=O)N[C@H]1CC[C@@H]2CN(S(=O)(=O)c3ccc(C(F)(F)F)cc3Cl)C[C@@H]21. The molecule has 35 heavy (non-hydrogen) atoms. The summed E-state index contributed by atoms with van der Waals surface area (Å²) >= 11 is 5.98. The van der Waals surface area contributed by atoms with Gasteiger partial charge >= 0.3 is 6.18 Å². The van der Waals surface area contributed by atoms with Crippen LogP contribution in [0, 0.1) is 17.3 Å². The monoisotopic (exact) mass is 537 g/mol. The van der Waals surface area contributed by atoms with E-state index in [1.54, 1.807) is 0 Å². The van der Waals surface area contributed by atoms with Gasteiger partial charge in [-0.2, -0.15) is 17.5 Å². The molecule has 2 fully saturated rings. The van der Waals surface area contributed by atoms with E-state index in [0.717, 1.165) is 25.0 Å². The third-order valence-electron chi connectivity index (χ3n) is 6.70. The van der Waals surface area contributed by atoms with Gasteiger partial charge in [-0.25, -0.2) is 8.42 Å². The van der Waals surface area contributed by atoms with Gasteiger partial charge in [-0.05, 0) is 54.7 Å². The standard InChI is InChI=1S/C24H35ClF3N3O3S/c1-14(2)29-20(11-23(3,4)5)22(32)30-19-8-6-15-12-31(13-17(15)19)35(33,34)21-9-7-16(10-18(21)25)24(26,27)28/h7,9-10,14-15,17,19-20,29H,6,8,11-13H2,1-5H3,(H,30,32)/t15-,17+,19+,20+/m1/s1. The Hall–Kier alpha value is -1.36. The number of benzene rings is 1. The molecule has 1 heterocycles. The second kappa shape index (κ2) is 10.2. The van der Waals surface area contributed by atoms with Crippen molar-refractivity contribution in [2.45, 2.75) is 83.1 Å². The third-order valence-corrected chi connectivity index (χ3v) is 9.01. The van der Waals surface area contributed by atoms with E-state index in [9.17, 15) is 26.4 Å². The predicted molar refractivity (Wildman–Crippen MR) is 129 cm³/mol. The molecular weight excluding hydrogens is 503 g/mol. The minimum Gasteiger partial charge on any atom is -0.352 e. The third kappa shape index (κ3) is 6.70. The van der Waals surface area contributed by atoms with Gasteiger partial charge in [0.1, 0.15) is 4.90 Å². The van der Waals surface area contributed by atoms with Crippen LogP contribution in [-0.2, 0) is 21.0 Å². The molecule has 1 saturated heterocycles. The molecule has 3 rings (SSSR count). The Bertz CT molecular complexity index is 1040. The quantitative estimate of drug-likeness (QED) is 0.529. The van der Waals surface area contributed by atoms with Crippen molar-refractivity contribution in [3.8, 4) is 0 Å². The highest BCUT2D eigenvalue weighted by molar-refractivity contribution is 7.89. The summed E-state index contributed by atoms with van der Waals surface area (Å²) in [6.45, 7) is 10.7. The van der Waals surface area contributed by atoms with E-state index in [-0.39, 0.29) is 59.3 Å². The fraction of sp³-hybridized carbons (Fsp3) is 0.708. The Balaban J connectivity index is 1.72. The van der Waals surface area contributed by atoms with Crippen molar-refractivity contribution < 1.29 is 26.4 Å². The van der Waals surface area contributed by atoms with Crippen LogP contribution in [0.3, 0.4) is 0 Å². The van der Waals surface area contributed by atoms with E-state index in [0.29, 0.717) is 12.5 Å². The number of hydrogen-bond donors (Lipinski definition) is 2. The van der Waals surface area contributed by atoms with Crippen LogP contribution in [-0.4, -0.2) is 49.8 Å². The van der Waals surface area contributed by atoms with Gasteiger partial charge < -0.3 is 10.6 Å². The van der Waals surface area contributed by atoms with Gasteiger partial charge in [-0.1, -0.05) is 46.2 Å². The highest BCUT2D eigenvalue weighted by atomic mass is 35.5. The second-order valence-corrected chi connectivity index (χ2v) is 13.5. The normalized spacial score (nSPS) is 24.6. The van der Waals surface area contributed by atoms with E-state index in [1.165, 1.54) is 4.31 Å². The summed E-state index contributed by atoms with van der Waals surface area (Å²) in [5.41, 5.74) is -1.05. The molecule has 0 spiro atoms. The summed E-state index contributed by atoms with van der Waals surface area (Å²) in [5, 5.41) is 6.03. The summed E-state index contributed by atoms with van der Waals surface area (Å²) < 4.78 is 66.6. The lowest BCUT2D eigenvalue weighted by molar-refractivity contribution is -0.137. The van der Waals surface area contributed by atoms with Crippen molar-refractivity contribution >= 4 is 27.5 Å². The molecule has 1 aromatic rings. The molecule has 1 aliphatic heterocycles. The summed E-state index contributed by atoms with van der Waals surface area (Å²) in [7, 11) is -4.07. The van der Waals surface area contributed by atoms with Crippen molar-refractivity contribution in [2.75, 3.05) is 13.1 Å². The van der Waals surface area contributed by atoms with Crippen LogP contribution in [0.15, 0.2) is 23.1 Å². The van der Waals surface area contributed by atoms with Crippen LogP contribution < -0.4 is 10.6 Å². The first-order valence-corrected chi connectivity index (χ1v) is 13.7. The predicted octanol–water partition coefficient (Wildman–Crippen LogP) is 4.68. The molecule has 1 amide bonds. The van der Waals surface area contributed by atoms with E-state index < -0.39 is 26.8 Å². The number of fused-ring (bicyclic) bond motifs is 1. The lowest BCUT2D eigenvalue weighted by atomic mass is 9.87. The van der Waals surface area contributed by atoms with Crippen molar-refractivity contribution in [2.24, 2.45) is 17.3 Å². The number of nitrogens with zero attached hydrogens (tertiary/aromatic N) is 1. The maximum absolute atomic E-state index is 13.2. The Labute approximate surface area is 211 Å². The Kier molecular flexibility index (Phi) is 8.21. The first kappa shape index (κ1) is 28.2. The number of carbonyl (C=O) groups excluding carboxylic acids is 1. The van der Waals surface area contributed by atoms with E-state index in [4.69, 9.17) is 11.6 Å². The van der Waals surface area contributed by atoms with Crippen molar-refractivity contribution in [1.82, 2.24) is 14.9 Å². The number of amides is 1. The fourth-order valence-corrected chi connectivity index (χ4v) is 7.20. The molecule has 2 aliphatic rings. The van der Waals surface area contributed by atoms with Gasteiger partial charge in [0, 0.05) is 25.2 Å². The number of hydrogen-bond acceptors (Lipinski definition) is 4. The average molecular weight is 538 g/mol. The minimum absolute atomic E-state index is 0.0543. The molecule has 1 aliphatic carbocycles. The van der Waals surface area contributed by atoms with Crippen molar-refractivity contribution in [3.05, 3.63) is 28.8 Å². The van der Waals surface area contributed by atoms with Crippen LogP contribution in [0.1, 0.15) is 59.4 Å².